The van der Waals surface area contributed by atoms with E-state index in [1.807, 2.05) is 29.2 Å². The molecule has 1 aromatic heterocycles. The molecule has 0 saturated carbocycles. The molecule has 2 fully saturated rings. The average Bonchev–Trinajstić information content (AvgIpc) is 3.15. The van der Waals surface area contributed by atoms with Crippen molar-refractivity contribution < 1.29 is 9.53 Å². The number of H-pyrrole nitrogens is 1. The summed E-state index contributed by atoms with van der Waals surface area (Å²) in [7, 11) is 1.69. The second-order valence-electron chi connectivity index (χ2n) is 7.86. The molecule has 2 atom stereocenters. The molecule has 6 heteroatoms. The largest absolute Gasteiger partial charge is 0.383 e. The maximum atomic E-state index is 13.3. The third-order valence-electron chi connectivity index (χ3n) is 6.21. The highest BCUT2D eigenvalue weighted by Crippen LogP contribution is 2.31. The van der Waals surface area contributed by atoms with Gasteiger partial charge in [0, 0.05) is 31.6 Å². The van der Waals surface area contributed by atoms with Gasteiger partial charge in [-0.25, -0.2) is 0 Å². The summed E-state index contributed by atoms with van der Waals surface area (Å²) in [5.74, 6) is 0.558. The van der Waals surface area contributed by atoms with Crippen molar-refractivity contribution in [2.75, 3.05) is 39.9 Å². The van der Waals surface area contributed by atoms with Crippen LogP contribution in [0.2, 0.25) is 0 Å². The van der Waals surface area contributed by atoms with Gasteiger partial charge in [-0.15, -0.1) is 0 Å². The van der Waals surface area contributed by atoms with Crippen molar-refractivity contribution in [1.82, 2.24) is 20.0 Å². The van der Waals surface area contributed by atoms with Crippen LogP contribution >= 0.6 is 0 Å². The quantitative estimate of drug-likeness (QED) is 0.849. The van der Waals surface area contributed by atoms with Gasteiger partial charge in [0.05, 0.1) is 12.1 Å². The molecule has 27 heavy (non-hydrogen) atoms. The molecule has 0 unspecified atom stereocenters. The molecular formula is C21H30N4O2. The number of nitrogens with zero attached hydrogens (tertiary/aromatic N) is 3. The first-order chi connectivity index (χ1) is 13.3. The lowest BCUT2D eigenvalue weighted by Crippen LogP contribution is -2.52. The van der Waals surface area contributed by atoms with Gasteiger partial charge in [-0.3, -0.25) is 9.89 Å². The molecule has 2 aliphatic heterocycles. The average molecular weight is 370 g/mol. The van der Waals surface area contributed by atoms with E-state index in [1.165, 1.54) is 45.2 Å². The van der Waals surface area contributed by atoms with Crippen LogP contribution in [0.4, 0.5) is 0 Å². The van der Waals surface area contributed by atoms with E-state index in [9.17, 15) is 4.79 Å². The second kappa shape index (κ2) is 8.40. The summed E-state index contributed by atoms with van der Waals surface area (Å²) < 4.78 is 5.29. The highest BCUT2D eigenvalue weighted by molar-refractivity contribution is 6.04. The summed E-state index contributed by atoms with van der Waals surface area (Å²) in [6, 6.07) is 8.46. The Hall–Kier alpha value is -1.92. The van der Waals surface area contributed by atoms with Gasteiger partial charge in [-0.1, -0.05) is 24.6 Å². The van der Waals surface area contributed by atoms with Crippen LogP contribution in [0.25, 0.3) is 10.9 Å². The Balaban J connectivity index is 1.54. The standard InChI is InChI=1S/C21H30N4O2/c1-27-14-13-25(15-16-7-6-12-24-11-5-4-10-19(16)24)21(26)20-17-8-2-3-9-18(17)22-23-20/h2-3,8-9,16,19H,4-7,10-15H2,1H3,(H,22,23)/t16-,19-/m1/s1. The van der Waals surface area contributed by atoms with E-state index in [1.54, 1.807) is 7.11 Å². The molecule has 1 aromatic carbocycles. The van der Waals surface area contributed by atoms with Gasteiger partial charge in [0.1, 0.15) is 0 Å². The molecular weight excluding hydrogens is 340 g/mol. The van der Waals surface area contributed by atoms with Gasteiger partial charge in [-0.2, -0.15) is 5.10 Å². The van der Waals surface area contributed by atoms with Crippen molar-refractivity contribution in [3.05, 3.63) is 30.0 Å². The predicted molar refractivity (Wildman–Crippen MR) is 106 cm³/mol. The summed E-state index contributed by atoms with van der Waals surface area (Å²) in [4.78, 5) is 18.0. The lowest BCUT2D eigenvalue weighted by molar-refractivity contribution is 0.0314. The number of rotatable bonds is 6. The molecule has 0 bridgehead atoms. The van der Waals surface area contributed by atoms with Crippen LogP contribution in [0.1, 0.15) is 42.6 Å². The predicted octanol–water partition coefficient (Wildman–Crippen LogP) is 2.92. The van der Waals surface area contributed by atoms with E-state index in [-0.39, 0.29) is 5.91 Å². The Labute approximate surface area is 160 Å². The molecule has 0 radical (unpaired) electrons. The monoisotopic (exact) mass is 370 g/mol. The van der Waals surface area contributed by atoms with Crippen molar-refractivity contribution in [2.45, 2.75) is 38.1 Å². The van der Waals surface area contributed by atoms with Crippen molar-refractivity contribution in [3.63, 3.8) is 0 Å². The zero-order chi connectivity index (χ0) is 18.6. The van der Waals surface area contributed by atoms with Gasteiger partial charge >= 0.3 is 0 Å². The number of aromatic nitrogens is 2. The highest BCUT2D eigenvalue weighted by atomic mass is 16.5. The van der Waals surface area contributed by atoms with Crippen LogP contribution in [-0.4, -0.2) is 71.8 Å². The molecule has 0 spiro atoms. The second-order valence-corrected chi connectivity index (χ2v) is 7.86. The van der Waals surface area contributed by atoms with E-state index >= 15 is 0 Å². The third-order valence-corrected chi connectivity index (χ3v) is 6.21. The Morgan fingerprint density at radius 1 is 1.26 bits per heavy atom. The molecule has 0 aliphatic carbocycles. The molecule has 2 aromatic rings. The number of benzene rings is 1. The van der Waals surface area contributed by atoms with E-state index in [4.69, 9.17) is 4.74 Å². The number of nitrogens with one attached hydrogen (secondary N) is 1. The molecule has 3 heterocycles. The van der Waals surface area contributed by atoms with Crippen molar-refractivity contribution in [1.29, 1.82) is 0 Å². The fourth-order valence-electron chi connectivity index (χ4n) is 4.83. The summed E-state index contributed by atoms with van der Waals surface area (Å²) in [5, 5.41) is 8.22. The van der Waals surface area contributed by atoms with Gasteiger partial charge in [0.25, 0.3) is 5.91 Å². The SMILES string of the molecule is COCCN(C[C@H]1CCCN2CCCC[C@H]12)C(=O)c1n[nH]c2ccccc12. The van der Waals surface area contributed by atoms with E-state index < -0.39 is 0 Å². The molecule has 1 amide bonds. The first-order valence-electron chi connectivity index (χ1n) is 10.2. The number of piperidine rings is 2. The first kappa shape index (κ1) is 18.4. The van der Waals surface area contributed by atoms with Gasteiger partial charge in [0.2, 0.25) is 0 Å². The number of hydrogen-bond acceptors (Lipinski definition) is 4. The topological polar surface area (TPSA) is 61.5 Å². The van der Waals surface area contributed by atoms with E-state index in [0.29, 0.717) is 30.8 Å². The van der Waals surface area contributed by atoms with Crippen molar-refractivity contribution in [2.24, 2.45) is 5.92 Å². The number of para-hydroxylation sites is 1. The lowest BCUT2D eigenvalue weighted by atomic mass is 9.83. The number of aromatic amines is 1. The summed E-state index contributed by atoms with van der Waals surface area (Å²) in [5.41, 5.74) is 1.43. The number of methoxy groups -OCH3 is 1. The molecule has 1 N–H and O–H groups in total. The summed E-state index contributed by atoms with van der Waals surface area (Å²) in [6.45, 7) is 4.40. The number of fused-ring (bicyclic) bond motifs is 2. The normalized spacial score (nSPS) is 23.3. The van der Waals surface area contributed by atoms with Crippen LogP contribution in [0.15, 0.2) is 24.3 Å². The summed E-state index contributed by atoms with van der Waals surface area (Å²) in [6.07, 6.45) is 6.34. The summed E-state index contributed by atoms with van der Waals surface area (Å²) >= 11 is 0. The van der Waals surface area contributed by atoms with Crippen LogP contribution in [0.3, 0.4) is 0 Å². The first-order valence-corrected chi connectivity index (χ1v) is 10.2. The molecule has 2 saturated heterocycles. The van der Waals surface area contributed by atoms with Crippen molar-refractivity contribution in [3.8, 4) is 0 Å². The van der Waals surface area contributed by atoms with E-state index in [2.05, 4.69) is 15.1 Å². The Bertz CT molecular complexity index is 772. The minimum Gasteiger partial charge on any atom is -0.383 e. The Kier molecular flexibility index (Phi) is 5.74. The zero-order valence-corrected chi connectivity index (χ0v) is 16.2. The van der Waals surface area contributed by atoms with Gasteiger partial charge in [-0.05, 0) is 50.8 Å². The van der Waals surface area contributed by atoms with Crippen LogP contribution < -0.4 is 0 Å². The number of amides is 1. The molecule has 146 valence electrons. The van der Waals surface area contributed by atoms with E-state index in [0.717, 1.165) is 17.4 Å². The van der Waals surface area contributed by atoms with Crippen LogP contribution in [0, 0.1) is 5.92 Å². The number of carbonyl (C=O) groups excluding carboxylic acids is 1. The maximum Gasteiger partial charge on any atom is 0.275 e. The number of ether oxygens (including phenoxy) is 1. The minimum atomic E-state index is 0.0115. The molecule has 4 rings (SSSR count). The number of carbonyl (C=O) groups is 1. The van der Waals surface area contributed by atoms with Crippen molar-refractivity contribution >= 4 is 16.8 Å². The van der Waals surface area contributed by atoms with Gasteiger partial charge in [0.15, 0.2) is 5.69 Å². The van der Waals surface area contributed by atoms with Gasteiger partial charge < -0.3 is 14.5 Å². The minimum absolute atomic E-state index is 0.0115. The maximum absolute atomic E-state index is 13.3. The Morgan fingerprint density at radius 3 is 3.00 bits per heavy atom. The fraction of sp³-hybridized carbons (Fsp3) is 0.619. The van der Waals surface area contributed by atoms with Crippen LogP contribution in [0.5, 0.6) is 0 Å². The number of hydrogen-bond donors (Lipinski definition) is 1. The Morgan fingerprint density at radius 2 is 2.11 bits per heavy atom. The highest BCUT2D eigenvalue weighted by Gasteiger charge is 2.35. The smallest absolute Gasteiger partial charge is 0.275 e. The third kappa shape index (κ3) is 3.87. The lowest BCUT2D eigenvalue weighted by Gasteiger charge is -2.45. The molecule has 2 aliphatic rings. The fourth-order valence-corrected chi connectivity index (χ4v) is 4.83. The zero-order valence-electron chi connectivity index (χ0n) is 16.2. The molecule has 6 nitrogen and oxygen atoms in total. The van der Waals surface area contributed by atoms with Crippen LogP contribution in [-0.2, 0) is 4.74 Å².